The second-order valence-electron chi connectivity index (χ2n) is 8.60. The van der Waals surface area contributed by atoms with Gasteiger partial charge in [-0.25, -0.2) is 0 Å². The molecule has 0 saturated carbocycles. The fourth-order valence-corrected chi connectivity index (χ4v) is 3.78. The Kier molecular flexibility index (Phi) is 4.59. The first kappa shape index (κ1) is 17.9. The summed E-state index contributed by atoms with van der Waals surface area (Å²) in [5.74, 6) is 0. The van der Waals surface area contributed by atoms with Crippen molar-refractivity contribution >= 4 is 11.6 Å². The summed E-state index contributed by atoms with van der Waals surface area (Å²) >= 11 is 0. The fraction of sp³-hybridized carbons (Fsp3) is 0.435. The summed E-state index contributed by atoms with van der Waals surface area (Å²) in [5.41, 5.74) is 7.69. The molecular weight excluding hydrogens is 306 g/mol. The molecule has 2 aromatic rings. The van der Waals surface area contributed by atoms with Gasteiger partial charge in [-0.15, -0.1) is 0 Å². The van der Waals surface area contributed by atoms with Crippen molar-refractivity contribution < 1.29 is 5.11 Å². The van der Waals surface area contributed by atoms with Gasteiger partial charge < -0.3 is 5.11 Å². The number of hydrogen-bond donors (Lipinski definition) is 1. The first-order valence-electron chi connectivity index (χ1n) is 9.12. The Morgan fingerprint density at radius 1 is 1.04 bits per heavy atom. The molecular formula is C23H29NO. The average molecular weight is 335 g/mol. The smallest absolute Gasteiger partial charge is 0.0852 e. The van der Waals surface area contributed by atoms with E-state index in [9.17, 15) is 0 Å². The van der Waals surface area contributed by atoms with Gasteiger partial charge in [-0.2, -0.15) is 0 Å². The van der Waals surface area contributed by atoms with Crippen LogP contribution in [0.25, 0.3) is 11.6 Å². The van der Waals surface area contributed by atoms with Crippen molar-refractivity contribution in [2.75, 3.05) is 0 Å². The van der Waals surface area contributed by atoms with Gasteiger partial charge in [0.15, 0.2) is 0 Å². The fourth-order valence-electron chi connectivity index (χ4n) is 3.78. The van der Waals surface area contributed by atoms with E-state index in [-0.39, 0.29) is 17.4 Å². The summed E-state index contributed by atoms with van der Waals surface area (Å²) in [7, 11) is 0. The van der Waals surface area contributed by atoms with Gasteiger partial charge in [-0.05, 0) is 64.5 Å². The average Bonchev–Trinajstić information content (AvgIpc) is 2.59. The number of hydrogen-bond acceptors (Lipinski definition) is 2. The Morgan fingerprint density at radius 2 is 1.72 bits per heavy atom. The largest absolute Gasteiger partial charge is 0.390 e. The second-order valence-corrected chi connectivity index (χ2v) is 8.60. The van der Waals surface area contributed by atoms with Crippen LogP contribution in [0.15, 0.2) is 36.5 Å². The Labute approximate surface area is 151 Å². The van der Waals surface area contributed by atoms with E-state index in [0.29, 0.717) is 5.69 Å². The minimum Gasteiger partial charge on any atom is -0.390 e. The monoisotopic (exact) mass is 335 g/mol. The summed E-state index contributed by atoms with van der Waals surface area (Å²) in [6, 6.07) is 10.8. The van der Waals surface area contributed by atoms with Crippen LogP contribution < -0.4 is 0 Å². The summed E-state index contributed by atoms with van der Waals surface area (Å²) in [4.78, 5) is 4.28. The van der Waals surface area contributed by atoms with Crippen molar-refractivity contribution in [3.8, 4) is 0 Å². The molecule has 1 aliphatic carbocycles. The molecule has 0 spiro atoms. The standard InChI is InChI=1S/C23H29NO/c1-16(18-7-8-19(15-25)24-14-18)12-17-6-9-20-21(13-17)23(4,5)11-10-22(20,2)3/h6-9,12-14,25H,10-11,15H2,1-5H3. The number of allylic oxidation sites excluding steroid dienone is 1. The van der Waals surface area contributed by atoms with Gasteiger partial charge in [0.1, 0.15) is 0 Å². The molecule has 0 fully saturated rings. The van der Waals surface area contributed by atoms with Crippen molar-refractivity contribution in [1.29, 1.82) is 0 Å². The van der Waals surface area contributed by atoms with Crippen LogP contribution in [0.2, 0.25) is 0 Å². The molecule has 1 heterocycles. The number of fused-ring (bicyclic) bond motifs is 1. The van der Waals surface area contributed by atoms with Crippen molar-refractivity contribution in [3.63, 3.8) is 0 Å². The molecule has 0 aliphatic heterocycles. The maximum absolute atomic E-state index is 9.13. The third-order valence-electron chi connectivity index (χ3n) is 5.70. The normalized spacial score (nSPS) is 18.7. The molecule has 2 nitrogen and oxygen atoms in total. The van der Waals surface area contributed by atoms with E-state index < -0.39 is 0 Å². The summed E-state index contributed by atoms with van der Waals surface area (Å²) < 4.78 is 0. The molecule has 1 aromatic carbocycles. The molecule has 0 atom stereocenters. The van der Waals surface area contributed by atoms with Crippen LogP contribution >= 0.6 is 0 Å². The molecule has 25 heavy (non-hydrogen) atoms. The zero-order chi connectivity index (χ0) is 18.2. The lowest BCUT2D eigenvalue weighted by molar-refractivity contribution is 0.277. The van der Waals surface area contributed by atoms with Crippen LogP contribution in [-0.4, -0.2) is 10.1 Å². The first-order chi connectivity index (χ1) is 11.7. The van der Waals surface area contributed by atoms with Gasteiger partial charge in [-0.3, -0.25) is 4.98 Å². The summed E-state index contributed by atoms with van der Waals surface area (Å²) in [5, 5.41) is 9.13. The quantitative estimate of drug-likeness (QED) is 0.805. The van der Waals surface area contributed by atoms with Gasteiger partial charge in [0.25, 0.3) is 0 Å². The highest BCUT2D eigenvalue weighted by Gasteiger charge is 2.36. The number of aliphatic hydroxyl groups excluding tert-OH is 1. The molecule has 3 rings (SSSR count). The minimum absolute atomic E-state index is 0.0151. The number of benzene rings is 1. The van der Waals surface area contributed by atoms with Gasteiger partial charge in [-0.1, -0.05) is 58.0 Å². The number of pyridine rings is 1. The molecule has 0 saturated heterocycles. The van der Waals surface area contributed by atoms with Crippen molar-refractivity contribution in [3.05, 3.63) is 64.5 Å². The molecule has 132 valence electrons. The highest BCUT2D eigenvalue weighted by atomic mass is 16.3. The molecule has 0 unspecified atom stereocenters. The summed E-state index contributed by atoms with van der Waals surface area (Å²) in [6.45, 7) is 11.5. The Morgan fingerprint density at radius 3 is 2.32 bits per heavy atom. The number of nitrogens with zero attached hydrogens (tertiary/aromatic N) is 1. The summed E-state index contributed by atoms with van der Waals surface area (Å²) in [6.07, 6.45) is 6.53. The molecule has 0 amide bonds. The molecule has 0 radical (unpaired) electrons. The predicted octanol–water partition coefficient (Wildman–Crippen LogP) is 5.48. The predicted molar refractivity (Wildman–Crippen MR) is 105 cm³/mol. The molecule has 2 heteroatoms. The zero-order valence-electron chi connectivity index (χ0n) is 16.1. The van der Waals surface area contributed by atoms with E-state index in [1.807, 2.05) is 18.3 Å². The lowest BCUT2D eigenvalue weighted by Crippen LogP contribution is -2.33. The lowest BCUT2D eigenvalue weighted by Gasteiger charge is -2.42. The molecule has 1 aliphatic rings. The zero-order valence-corrected chi connectivity index (χ0v) is 16.1. The third-order valence-corrected chi connectivity index (χ3v) is 5.70. The second kappa shape index (κ2) is 6.42. The number of aromatic nitrogens is 1. The lowest BCUT2D eigenvalue weighted by atomic mass is 9.63. The van der Waals surface area contributed by atoms with E-state index in [4.69, 9.17) is 5.11 Å². The Balaban J connectivity index is 1.98. The van der Waals surface area contributed by atoms with Crippen LogP contribution in [0.5, 0.6) is 0 Å². The van der Waals surface area contributed by atoms with Gasteiger partial charge >= 0.3 is 0 Å². The maximum Gasteiger partial charge on any atom is 0.0852 e. The van der Waals surface area contributed by atoms with Gasteiger partial charge in [0, 0.05) is 6.20 Å². The highest BCUT2D eigenvalue weighted by molar-refractivity contribution is 5.80. The van der Waals surface area contributed by atoms with E-state index in [1.54, 1.807) is 0 Å². The SMILES string of the molecule is CC(=Cc1ccc2c(c1)C(C)(C)CCC2(C)C)c1ccc(CO)nc1. The van der Waals surface area contributed by atoms with Gasteiger partial charge in [0.2, 0.25) is 0 Å². The van der Waals surface area contributed by atoms with Crippen LogP contribution in [0, 0.1) is 0 Å². The number of aliphatic hydroxyl groups is 1. The molecule has 1 aromatic heterocycles. The van der Waals surface area contributed by atoms with E-state index in [0.717, 1.165) is 5.56 Å². The topological polar surface area (TPSA) is 33.1 Å². The van der Waals surface area contributed by atoms with Crippen LogP contribution in [0.4, 0.5) is 0 Å². The van der Waals surface area contributed by atoms with Crippen LogP contribution in [0.3, 0.4) is 0 Å². The maximum atomic E-state index is 9.13. The van der Waals surface area contributed by atoms with Gasteiger partial charge in [0.05, 0.1) is 12.3 Å². The minimum atomic E-state index is -0.0151. The first-order valence-corrected chi connectivity index (χ1v) is 9.12. The van der Waals surface area contributed by atoms with Crippen LogP contribution in [0.1, 0.15) is 75.4 Å². The third kappa shape index (κ3) is 3.55. The number of rotatable bonds is 3. The van der Waals surface area contributed by atoms with E-state index in [1.165, 1.54) is 35.1 Å². The molecule has 1 N–H and O–H groups in total. The van der Waals surface area contributed by atoms with Crippen molar-refractivity contribution in [2.24, 2.45) is 0 Å². The van der Waals surface area contributed by atoms with Crippen molar-refractivity contribution in [1.82, 2.24) is 4.98 Å². The Hall–Kier alpha value is -1.93. The van der Waals surface area contributed by atoms with E-state index in [2.05, 4.69) is 63.9 Å². The van der Waals surface area contributed by atoms with Crippen LogP contribution in [-0.2, 0) is 17.4 Å². The van der Waals surface area contributed by atoms with E-state index >= 15 is 0 Å². The molecule has 0 bridgehead atoms. The highest BCUT2D eigenvalue weighted by Crippen LogP contribution is 2.46. The Bertz CT molecular complexity index is 797. The van der Waals surface area contributed by atoms with Crippen molar-refractivity contribution in [2.45, 2.75) is 64.9 Å².